The minimum atomic E-state index is -0.812. The summed E-state index contributed by atoms with van der Waals surface area (Å²) in [5.74, 6) is 0.710. The molecule has 2 rings (SSSR count). The third kappa shape index (κ3) is 3.94. The lowest BCUT2D eigenvalue weighted by Gasteiger charge is -2.20. The molecule has 0 spiro atoms. The lowest BCUT2D eigenvalue weighted by atomic mass is 10.0. The molecule has 2 unspecified atom stereocenters. The van der Waals surface area contributed by atoms with E-state index in [9.17, 15) is 9.90 Å². The number of benzene rings is 1. The van der Waals surface area contributed by atoms with Gasteiger partial charge >= 0.3 is 0 Å². The molecule has 2 N–H and O–H groups in total. The Morgan fingerprint density at radius 2 is 1.88 bits per heavy atom. The zero-order valence-electron chi connectivity index (χ0n) is 14.8. The second kappa shape index (κ2) is 7.49. The quantitative estimate of drug-likeness (QED) is 0.852. The van der Waals surface area contributed by atoms with Gasteiger partial charge in [0, 0.05) is 12.7 Å². The number of nitrogens with one attached hydrogen (secondary N) is 1. The number of aromatic nitrogens is 2. The van der Waals surface area contributed by atoms with Crippen LogP contribution in [-0.2, 0) is 7.05 Å². The van der Waals surface area contributed by atoms with Crippen molar-refractivity contribution >= 4 is 5.91 Å². The second-order valence-electron chi connectivity index (χ2n) is 6.21. The van der Waals surface area contributed by atoms with E-state index in [2.05, 4.69) is 24.3 Å². The van der Waals surface area contributed by atoms with E-state index < -0.39 is 12.1 Å². The van der Waals surface area contributed by atoms with Gasteiger partial charge in [-0.25, -0.2) is 0 Å². The summed E-state index contributed by atoms with van der Waals surface area (Å²) in [5.41, 5.74) is 2.06. The summed E-state index contributed by atoms with van der Waals surface area (Å²) in [4.78, 5) is 12.4. The van der Waals surface area contributed by atoms with E-state index in [1.807, 2.05) is 7.05 Å². The van der Waals surface area contributed by atoms with Gasteiger partial charge < -0.3 is 15.2 Å². The molecular formula is C18H25N3O3. The van der Waals surface area contributed by atoms with Crippen molar-refractivity contribution < 1.29 is 14.6 Å². The van der Waals surface area contributed by atoms with E-state index in [4.69, 9.17) is 4.74 Å². The molecule has 6 heteroatoms. The summed E-state index contributed by atoms with van der Waals surface area (Å²) < 4.78 is 6.82. The predicted molar refractivity (Wildman–Crippen MR) is 92.2 cm³/mol. The van der Waals surface area contributed by atoms with Crippen molar-refractivity contribution in [3.05, 3.63) is 47.3 Å². The molecule has 0 fully saturated rings. The normalized spacial score (nSPS) is 13.6. The van der Waals surface area contributed by atoms with Crippen molar-refractivity contribution in [2.45, 2.75) is 38.8 Å². The topological polar surface area (TPSA) is 76.4 Å². The number of ether oxygens (including phenoxy) is 1. The van der Waals surface area contributed by atoms with Crippen LogP contribution in [0.25, 0.3) is 0 Å². The first kappa shape index (κ1) is 18.0. The van der Waals surface area contributed by atoms with E-state index >= 15 is 0 Å². The molecule has 1 aromatic heterocycles. The molecule has 0 saturated carbocycles. The number of aliphatic hydroxyl groups excluding tert-OH is 1. The monoisotopic (exact) mass is 331 g/mol. The van der Waals surface area contributed by atoms with Gasteiger partial charge in [-0.15, -0.1) is 0 Å². The van der Waals surface area contributed by atoms with Crippen LogP contribution in [-0.4, -0.2) is 33.9 Å². The molecular weight excluding hydrogens is 306 g/mol. The van der Waals surface area contributed by atoms with Gasteiger partial charge in [0.2, 0.25) is 0 Å². The summed E-state index contributed by atoms with van der Waals surface area (Å²) in [6, 6.07) is 8.46. The highest BCUT2D eigenvalue weighted by Crippen LogP contribution is 2.21. The van der Waals surface area contributed by atoms with E-state index in [1.54, 1.807) is 49.0 Å². The third-order valence-corrected chi connectivity index (χ3v) is 4.03. The van der Waals surface area contributed by atoms with E-state index in [0.717, 1.165) is 11.4 Å². The molecule has 1 heterocycles. The minimum absolute atomic E-state index is 0.284. The fourth-order valence-corrected chi connectivity index (χ4v) is 2.58. The summed E-state index contributed by atoms with van der Waals surface area (Å²) >= 11 is 0. The van der Waals surface area contributed by atoms with Gasteiger partial charge in [-0.3, -0.25) is 9.48 Å². The number of aryl methyl sites for hydroxylation is 1. The van der Waals surface area contributed by atoms with Crippen LogP contribution in [0.2, 0.25) is 0 Å². The maximum Gasteiger partial charge on any atom is 0.272 e. The van der Waals surface area contributed by atoms with Gasteiger partial charge in [0.25, 0.3) is 5.91 Å². The van der Waals surface area contributed by atoms with Crippen LogP contribution in [0.1, 0.15) is 54.5 Å². The van der Waals surface area contributed by atoms with Crippen LogP contribution in [0.4, 0.5) is 0 Å². The molecule has 2 aromatic rings. The molecule has 0 aliphatic carbocycles. The average Bonchev–Trinajstić information content (AvgIpc) is 2.96. The maximum atomic E-state index is 12.4. The molecule has 1 aromatic carbocycles. The highest BCUT2D eigenvalue weighted by atomic mass is 16.5. The minimum Gasteiger partial charge on any atom is -0.497 e. The van der Waals surface area contributed by atoms with Crippen molar-refractivity contribution in [2.24, 2.45) is 7.05 Å². The third-order valence-electron chi connectivity index (χ3n) is 4.03. The molecule has 6 nitrogen and oxygen atoms in total. The van der Waals surface area contributed by atoms with Crippen LogP contribution < -0.4 is 10.1 Å². The molecule has 0 saturated heterocycles. The number of carbonyl (C=O) groups excluding carboxylic acids is 1. The number of carbonyl (C=O) groups is 1. The van der Waals surface area contributed by atoms with Crippen molar-refractivity contribution in [1.82, 2.24) is 15.1 Å². The SMILES string of the molecule is COc1ccc(C(O)C(C)NC(=O)c2cc(C(C)C)n(C)n2)cc1. The van der Waals surface area contributed by atoms with E-state index in [1.165, 1.54) is 0 Å². The molecule has 0 radical (unpaired) electrons. The average molecular weight is 331 g/mol. The Morgan fingerprint density at radius 3 is 2.38 bits per heavy atom. The summed E-state index contributed by atoms with van der Waals surface area (Å²) in [7, 11) is 3.41. The molecule has 2 atom stereocenters. The number of aliphatic hydroxyl groups is 1. The zero-order chi connectivity index (χ0) is 17.9. The molecule has 24 heavy (non-hydrogen) atoms. The molecule has 0 aliphatic heterocycles. The largest absolute Gasteiger partial charge is 0.497 e. The lowest BCUT2D eigenvalue weighted by Crippen LogP contribution is -2.37. The summed E-state index contributed by atoms with van der Waals surface area (Å²) in [6.45, 7) is 5.86. The van der Waals surface area contributed by atoms with Crippen molar-refractivity contribution in [1.29, 1.82) is 0 Å². The van der Waals surface area contributed by atoms with Crippen LogP contribution in [0.5, 0.6) is 5.75 Å². The lowest BCUT2D eigenvalue weighted by molar-refractivity contribution is 0.0846. The Bertz CT molecular complexity index is 692. The fourth-order valence-electron chi connectivity index (χ4n) is 2.58. The van der Waals surface area contributed by atoms with Crippen LogP contribution >= 0.6 is 0 Å². The van der Waals surface area contributed by atoms with Crippen LogP contribution in [0.15, 0.2) is 30.3 Å². The van der Waals surface area contributed by atoms with E-state index in [0.29, 0.717) is 11.3 Å². The number of hydrogen-bond acceptors (Lipinski definition) is 4. The van der Waals surface area contributed by atoms with Gasteiger partial charge in [0.15, 0.2) is 0 Å². The molecule has 0 aliphatic rings. The fraction of sp³-hybridized carbons (Fsp3) is 0.444. The Kier molecular flexibility index (Phi) is 5.62. The molecule has 0 bridgehead atoms. The summed E-state index contributed by atoms with van der Waals surface area (Å²) in [5, 5.41) is 17.5. The molecule has 130 valence electrons. The highest BCUT2D eigenvalue weighted by molar-refractivity contribution is 5.92. The predicted octanol–water partition coefficient (Wildman–Crippen LogP) is 2.40. The van der Waals surface area contributed by atoms with Gasteiger partial charge in [-0.2, -0.15) is 5.10 Å². The van der Waals surface area contributed by atoms with Gasteiger partial charge in [-0.05, 0) is 36.6 Å². The number of amides is 1. The second-order valence-corrected chi connectivity index (χ2v) is 6.21. The molecule has 1 amide bonds. The summed E-state index contributed by atoms with van der Waals surface area (Å²) in [6.07, 6.45) is -0.812. The smallest absolute Gasteiger partial charge is 0.272 e. The number of methoxy groups -OCH3 is 1. The Morgan fingerprint density at radius 1 is 1.25 bits per heavy atom. The number of rotatable bonds is 6. The Balaban J connectivity index is 2.05. The van der Waals surface area contributed by atoms with Crippen LogP contribution in [0, 0.1) is 0 Å². The van der Waals surface area contributed by atoms with Crippen molar-refractivity contribution in [2.75, 3.05) is 7.11 Å². The van der Waals surface area contributed by atoms with Gasteiger partial charge in [-0.1, -0.05) is 26.0 Å². The van der Waals surface area contributed by atoms with Crippen molar-refractivity contribution in [3.8, 4) is 5.75 Å². The van der Waals surface area contributed by atoms with Crippen LogP contribution in [0.3, 0.4) is 0 Å². The van der Waals surface area contributed by atoms with Crippen molar-refractivity contribution in [3.63, 3.8) is 0 Å². The first-order valence-electron chi connectivity index (χ1n) is 8.00. The van der Waals surface area contributed by atoms with Gasteiger partial charge in [0.1, 0.15) is 11.4 Å². The number of hydrogen-bond donors (Lipinski definition) is 2. The number of nitrogens with zero attached hydrogens (tertiary/aromatic N) is 2. The standard InChI is InChI=1S/C18H25N3O3/c1-11(2)16-10-15(20-21(16)4)18(23)19-12(3)17(22)13-6-8-14(24-5)9-7-13/h6-12,17,22H,1-5H3,(H,19,23). The van der Waals surface area contributed by atoms with Gasteiger partial charge in [0.05, 0.1) is 19.3 Å². The first-order chi connectivity index (χ1) is 11.3. The van der Waals surface area contributed by atoms with E-state index in [-0.39, 0.29) is 11.8 Å². The Labute approximate surface area is 142 Å². The Hall–Kier alpha value is -2.34. The highest BCUT2D eigenvalue weighted by Gasteiger charge is 2.21. The first-order valence-corrected chi connectivity index (χ1v) is 8.00. The zero-order valence-corrected chi connectivity index (χ0v) is 14.8. The maximum absolute atomic E-state index is 12.4.